The van der Waals surface area contributed by atoms with Crippen molar-refractivity contribution in [2.24, 2.45) is 7.05 Å². The van der Waals surface area contributed by atoms with Crippen LogP contribution in [-0.2, 0) is 11.8 Å². The Labute approximate surface area is 194 Å². The van der Waals surface area contributed by atoms with Gasteiger partial charge in [-0.05, 0) is 31.0 Å². The number of carbonyl (C=O) groups is 2. The molecule has 172 valence electrons. The number of anilines is 1. The maximum atomic E-state index is 12.7. The maximum Gasteiger partial charge on any atom is 0.274 e. The van der Waals surface area contributed by atoms with E-state index in [1.54, 1.807) is 17.1 Å². The van der Waals surface area contributed by atoms with Crippen molar-refractivity contribution in [1.29, 1.82) is 0 Å². The summed E-state index contributed by atoms with van der Waals surface area (Å²) in [6, 6.07) is 15.5. The van der Waals surface area contributed by atoms with Crippen LogP contribution in [0, 0.1) is 6.92 Å². The second-order valence-electron chi connectivity index (χ2n) is 8.64. The number of piperidine rings is 1. The van der Waals surface area contributed by atoms with Crippen molar-refractivity contribution in [2.45, 2.75) is 38.7 Å². The molecule has 0 saturated carbocycles. The fourth-order valence-electron chi connectivity index (χ4n) is 3.99. The van der Waals surface area contributed by atoms with E-state index in [4.69, 9.17) is 4.74 Å². The predicted molar refractivity (Wildman–Crippen MR) is 127 cm³/mol. The molecule has 1 fully saturated rings. The third-order valence-electron chi connectivity index (χ3n) is 6.10. The number of aryl methyl sites for hydroxylation is 2. The lowest BCUT2D eigenvalue weighted by atomic mass is 10.0. The minimum absolute atomic E-state index is 0.0191. The van der Waals surface area contributed by atoms with Crippen LogP contribution < -0.4 is 10.1 Å². The molecule has 3 aromatic rings. The Kier molecular flexibility index (Phi) is 6.77. The number of benzene rings is 2. The Hall–Kier alpha value is -3.61. The van der Waals surface area contributed by atoms with E-state index in [9.17, 15) is 9.59 Å². The zero-order valence-electron chi connectivity index (χ0n) is 19.3. The summed E-state index contributed by atoms with van der Waals surface area (Å²) >= 11 is 0. The zero-order chi connectivity index (χ0) is 23.4. The molecule has 7 heteroatoms. The van der Waals surface area contributed by atoms with Gasteiger partial charge < -0.3 is 19.5 Å². The molecule has 1 saturated heterocycles. The molecule has 0 radical (unpaired) electrons. The summed E-state index contributed by atoms with van der Waals surface area (Å²) in [5.74, 6) is 0.410. The van der Waals surface area contributed by atoms with Crippen LogP contribution in [0.1, 0.15) is 47.3 Å². The minimum atomic E-state index is -0.252. The highest BCUT2D eigenvalue weighted by Crippen LogP contribution is 2.27. The number of likely N-dealkylation sites (tertiary alicyclic amines) is 1. The van der Waals surface area contributed by atoms with Crippen LogP contribution in [0.3, 0.4) is 0 Å². The monoisotopic (exact) mass is 446 g/mol. The van der Waals surface area contributed by atoms with Gasteiger partial charge in [0.2, 0.25) is 5.91 Å². The third-order valence-corrected chi connectivity index (χ3v) is 6.10. The highest BCUT2D eigenvalue weighted by molar-refractivity contribution is 5.95. The molecule has 1 N–H and O–H groups in total. The first-order chi connectivity index (χ1) is 15.9. The summed E-state index contributed by atoms with van der Waals surface area (Å²) in [5, 5.41) is 3.01. The van der Waals surface area contributed by atoms with Crippen molar-refractivity contribution in [3.8, 4) is 5.75 Å². The molecule has 0 bridgehead atoms. The molecule has 0 spiro atoms. The van der Waals surface area contributed by atoms with Crippen molar-refractivity contribution in [3.05, 3.63) is 77.9 Å². The van der Waals surface area contributed by atoms with E-state index in [2.05, 4.69) is 10.3 Å². The van der Waals surface area contributed by atoms with Gasteiger partial charge >= 0.3 is 0 Å². The van der Waals surface area contributed by atoms with Gasteiger partial charge in [0.15, 0.2) is 0 Å². The van der Waals surface area contributed by atoms with Crippen LogP contribution in [0.5, 0.6) is 5.75 Å². The van der Waals surface area contributed by atoms with Gasteiger partial charge in [-0.15, -0.1) is 0 Å². The van der Waals surface area contributed by atoms with Crippen LogP contribution in [0.4, 0.5) is 5.69 Å². The highest BCUT2D eigenvalue weighted by Gasteiger charge is 2.26. The van der Waals surface area contributed by atoms with E-state index in [-0.39, 0.29) is 23.8 Å². The maximum absolute atomic E-state index is 12.7. The SMILES string of the molecule is Cc1ccc(NC(=O)[C@@H](C)c2ccccc2)cc1OC1CCN(C(=O)c2cn(C)cn2)CC1. The summed E-state index contributed by atoms with van der Waals surface area (Å²) in [6.45, 7) is 5.15. The van der Waals surface area contributed by atoms with E-state index in [1.807, 2.05) is 74.3 Å². The number of ether oxygens (including phenoxy) is 1. The summed E-state index contributed by atoms with van der Waals surface area (Å²) in [6.07, 6.45) is 4.90. The molecule has 0 aliphatic carbocycles. The predicted octanol–water partition coefficient (Wildman–Crippen LogP) is 4.15. The quantitative estimate of drug-likeness (QED) is 0.617. The normalized spacial score (nSPS) is 15.2. The van der Waals surface area contributed by atoms with Crippen molar-refractivity contribution in [2.75, 3.05) is 18.4 Å². The number of nitrogens with one attached hydrogen (secondary N) is 1. The molecular weight excluding hydrogens is 416 g/mol. The number of carbonyl (C=O) groups excluding carboxylic acids is 2. The molecule has 1 atom stereocenters. The molecule has 7 nitrogen and oxygen atoms in total. The van der Waals surface area contributed by atoms with Gasteiger partial charge in [-0.1, -0.05) is 36.4 Å². The Morgan fingerprint density at radius 1 is 1.12 bits per heavy atom. The van der Waals surface area contributed by atoms with Crippen LogP contribution in [0.2, 0.25) is 0 Å². The number of hydrogen-bond acceptors (Lipinski definition) is 4. The second kappa shape index (κ2) is 9.90. The lowest BCUT2D eigenvalue weighted by Gasteiger charge is -2.32. The third kappa shape index (κ3) is 5.42. The highest BCUT2D eigenvalue weighted by atomic mass is 16.5. The Morgan fingerprint density at radius 2 is 1.85 bits per heavy atom. The summed E-state index contributed by atoms with van der Waals surface area (Å²) in [4.78, 5) is 31.3. The summed E-state index contributed by atoms with van der Waals surface area (Å²) in [7, 11) is 1.85. The van der Waals surface area contributed by atoms with E-state index in [0.29, 0.717) is 24.5 Å². The van der Waals surface area contributed by atoms with E-state index < -0.39 is 0 Å². The largest absolute Gasteiger partial charge is 0.490 e. The molecule has 1 aliphatic rings. The van der Waals surface area contributed by atoms with Crippen molar-refractivity contribution in [1.82, 2.24) is 14.5 Å². The Balaban J connectivity index is 1.35. The standard InChI is InChI=1S/C26H30N4O3/c1-18-9-10-21(28-25(31)19(2)20-7-5-4-6-8-20)15-24(18)33-22-11-13-30(14-12-22)26(32)23-16-29(3)17-27-23/h4-10,15-17,19,22H,11-14H2,1-3H3,(H,28,31)/t19-/m0/s1. The molecule has 2 amide bonds. The lowest BCUT2D eigenvalue weighted by Crippen LogP contribution is -2.42. The molecule has 2 heterocycles. The first-order valence-corrected chi connectivity index (χ1v) is 11.3. The average molecular weight is 447 g/mol. The molecule has 33 heavy (non-hydrogen) atoms. The number of imidazole rings is 1. The molecule has 1 aromatic heterocycles. The Bertz CT molecular complexity index is 1120. The van der Waals surface area contributed by atoms with Crippen LogP contribution in [0.25, 0.3) is 0 Å². The molecule has 4 rings (SSSR count). The van der Waals surface area contributed by atoms with Gasteiger partial charge in [-0.3, -0.25) is 9.59 Å². The van der Waals surface area contributed by atoms with Gasteiger partial charge in [0.25, 0.3) is 5.91 Å². The molecule has 2 aromatic carbocycles. The van der Waals surface area contributed by atoms with Gasteiger partial charge in [-0.2, -0.15) is 0 Å². The molecule has 0 unspecified atom stereocenters. The smallest absolute Gasteiger partial charge is 0.274 e. The first kappa shape index (κ1) is 22.6. The van der Waals surface area contributed by atoms with Crippen molar-refractivity contribution >= 4 is 17.5 Å². The number of rotatable bonds is 6. The number of amides is 2. The topological polar surface area (TPSA) is 76.5 Å². The van der Waals surface area contributed by atoms with Gasteiger partial charge in [0, 0.05) is 50.9 Å². The van der Waals surface area contributed by atoms with Gasteiger partial charge in [0.05, 0.1) is 12.2 Å². The number of aromatic nitrogens is 2. The van der Waals surface area contributed by atoms with E-state index in [1.165, 1.54) is 0 Å². The van der Waals surface area contributed by atoms with Gasteiger partial charge in [0.1, 0.15) is 17.5 Å². The van der Waals surface area contributed by atoms with Crippen LogP contribution >= 0.6 is 0 Å². The minimum Gasteiger partial charge on any atom is -0.490 e. The summed E-state index contributed by atoms with van der Waals surface area (Å²) in [5.41, 5.74) is 3.17. The second-order valence-corrected chi connectivity index (χ2v) is 8.64. The lowest BCUT2D eigenvalue weighted by molar-refractivity contribution is -0.117. The van der Waals surface area contributed by atoms with Crippen molar-refractivity contribution < 1.29 is 14.3 Å². The first-order valence-electron chi connectivity index (χ1n) is 11.3. The fourth-order valence-corrected chi connectivity index (χ4v) is 3.99. The van der Waals surface area contributed by atoms with Crippen LogP contribution in [-0.4, -0.2) is 45.5 Å². The molecular formula is C26H30N4O3. The average Bonchev–Trinajstić information content (AvgIpc) is 3.27. The fraction of sp³-hybridized carbons (Fsp3) is 0.346. The van der Waals surface area contributed by atoms with Gasteiger partial charge in [-0.25, -0.2) is 4.98 Å². The van der Waals surface area contributed by atoms with Crippen molar-refractivity contribution in [3.63, 3.8) is 0 Å². The Morgan fingerprint density at radius 3 is 2.52 bits per heavy atom. The van der Waals surface area contributed by atoms with Crippen LogP contribution in [0.15, 0.2) is 61.1 Å². The zero-order valence-corrected chi connectivity index (χ0v) is 19.3. The van der Waals surface area contributed by atoms with E-state index in [0.717, 1.165) is 29.7 Å². The molecule has 1 aliphatic heterocycles. The number of hydrogen-bond donors (Lipinski definition) is 1. The van der Waals surface area contributed by atoms with E-state index >= 15 is 0 Å². The summed E-state index contributed by atoms with van der Waals surface area (Å²) < 4.78 is 8.06. The number of nitrogens with zero attached hydrogens (tertiary/aromatic N) is 3.